The van der Waals surface area contributed by atoms with Crippen LogP contribution in [0.3, 0.4) is 0 Å². The fourth-order valence-corrected chi connectivity index (χ4v) is 9.02. The van der Waals surface area contributed by atoms with E-state index in [1.165, 1.54) is 18.5 Å². The van der Waals surface area contributed by atoms with E-state index in [9.17, 15) is 13.2 Å². The number of sulfone groups is 1. The molecule has 4 bridgehead atoms. The number of nitrogens with one attached hydrogen (secondary N) is 1. The molecule has 0 saturated carbocycles. The molecule has 0 radical (unpaired) electrons. The number of esters is 1. The van der Waals surface area contributed by atoms with Crippen molar-refractivity contribution in [1.82, 2.24) is 24.7 Å². The predicted octanol–water partition coefficient (Wildman–Crippen LogP) is 7.40. The molecule has 1 atom stereocenters. The SMILES string of the molecule is CCOC(=O)CCc1cccc([C@@]2(C)CCCC(C)(C)CS(=O)(=O)CCc3c(c(F)c(F)c4[nH]ccc34)Oc3ccnc(c3)-c3nc2nn3C)c1. The van der Waals surface area contributed by atoms with E-state index in [0.29, 0.717) is 55.0 Å². The summed E-state index contributed by atoms with van der Waals surface area (Å²) in [6.07, 6.45) is 5.53. The molecule has 1 aliphatic heterocycles. The molecule has 1 N–H and O–H groups in total. The summed E-state index contributed by atoms with van der Waals surface area (Å²) in [7, 11) is -1.88. The smallest absolute Gasteiger partial charge is 0.306 e. The number of nitrogens with zero attached hydrogens (tertiary/aromatic N) is 4. The second-order valence-corrected chi connectivity index (χ2v) is 16.4. The summed E-state index contributed by atoms with van der Waals surface area (Å²) in [6.45, 7) is 8.04. The topological polar surface area (TPSA) is 129 Å². The van der Waals surface area contributed by atoms with Crippen LogP contribution in [0.4, 0.5) is 8.78 Å². The van der Waals surface area contributed by atoms with E-state index in [1.54, 1.807) is 30.8 Å². The summed E-state index contributed by atoms with van der Waals surface area (Å²) in [4.78, 5) is 24.4. The number of halogens is 2. The van der Waals surface area contributed by atoms with Crippen molar-refractivity contribution in [1.29, 1.82) is 0 Å². The first-order chi connectivity index (χ1) is 24.2. The maximum atomic E-state index is 15.7. The average molecular weight is 720 g/mol. The van der Waals surface area contributed by atoms with Gasteiger partial charge in [-0.05, 0) is 68.2 Å². The molecule has 0 fully saturated rings. The number of rotatable bonds is 5. The Morgan fingerprint density at radius 2 is 1.90 bits per heavy atom. The highest BCUT2D eigenvalue weighted by Gasteiger charge is 2.36. The molecule has 2 aromatic carbocycles. The minimum atomic E-state index is -3.64. The summed E-state index contributed by atoms with van der Waals surface area (Å²) >= 11 is 0. The van der Waals surface area contributed by atoms with Crippen molar-refractivity contribution in [3.8, 4) is 23.0 Å². The van der Waals surface area contributed by atoms with Gasteiger partial charge in [0.2, 0.25) is 5.82 Å². The van der Waals surface area contributed by atoms with E-state index in [0.717, 1.165) is 11.1 Å². The van der Waals surface area contributed by atoms with Gasteiger partial charge in [-0.15, -0.1) is 0 Å². The minimum absolute atomic E-state index is 0.0515. The monoisotopic (exact) mass is 719 g/mol. The van der Waals surface area contributed by atoms with E-state index in [-0.39, 0.29) is 52.9 Å². The van der Waals surface area contributed by atoms with Gasteiger partial charge < -0.3 is 14.5 Å². The first kappa shape index (κ1) is 36.2. The third-order valence-electron chi connectivity index (χ3n) is 9.69. The van der Waals surface area contributed by atoms with Crippen LogP contribution in [0.25, 0.3) is 22.4 Å². The predicted molar refractivity (Wildman–Crippen MR) is 190 cm³/mol. The third kappa shape index (κ3) is 7.68. The van der Waals surface area contributed by atoms with Crippen molar-refractivity contribution in [2.24, 2.45) is 12.5 Å². The van der Waals surface area contributed by atoms with E-state index >= 15 is 8.78 Å². The Morgan fingerprint density at radius 3 is 2.69 bits per heavy atom. The number of hydrogen-bond donors (Lipinski definition) is 1. The van der Waals surface area contributed by atoms with Gasteiger partial charge >= 0.3 is 5.97 Å². The largest absolute Gasteiger partial charge is 0.466 e. The summed E-state index contributed by atoms with van der Waals surface area (Å²) in [5.74, 6) is -2.17. The molecule has 10 nitrogen and oxygen atoms in total. The first-order valence-electron chi connectivity index (χ1n) is 17.2. The van der Waals surface area contributed by atoms with Crippen molar-refractivity contribution in [2.75, 3.05) is 18.1 Å². The molecule has 0 amide bonds. The molecule has 0 unspecified atom stereocenters. The van der Waals surface area contributed by atoms with Gasteiger partial charge in [0.1, 0.15) is 11.4 Å². The van der Waals surface area contributed by atoms with Crippen LogP contribution >= 0.6 is 0 Å². The number of hydrogen-bond acceptors (Lipinski definition) is 8. The molecule has 0 saturated heterocycles. The number of fused-ring (bicyclic) bond motifs is 8. The molecule has 0 spiro atoms. The number of carbonyl (C=O) groups is 1. The molecule has 3 aromatic heterocycles. The van der Waals surface area contributed by atoms with Crippen molar-refractivity contribution in [3.05, 3.63) is 89.0 Å². The normalized spacial score (nSPS) is 19.0. The lowest BCUT2D eigenvalue weighted by atomic mass is 9.75. The Bertz CT molecular complexity index is 2200. The first-order valence-corrected chi connectivity index (χ1v) is 19.0. The minimum Gasteiger partial charge on any atom is -0.466 e. The number of pyridine rings is 1. The number of aromatic nitrogens is 5. The maximum absolute atomic E-state index is 15.7. The molecule has 4 heterocycles. The number of benzene rings is 2. The standard InChI is InChI=1S/C38H43F2N5O5S/c1-6-49-30(46)12-11-24-9-7-10-25(21-24)38(4)17-8-16-37(2,3)23-51(47,48)20-15-28-27-14-19-42-33(27)31(39)32(40)34(28)50-26-13-18-41-29(22-26)35-43-36(38)44-45(35)5/h7,9-10,13-14,18-19,21-22,42H,6,8,11-12,15-17,20,23H2,1-5H3/t38-/m1/s1. The van der Waals surface area contributed by atoms with Gasteiger partial charge in [-0.2, -0.15) is 9.49 Å². The number of aromatic amines is 1. The van der Waals surface area contributed by atoms with Crippen LogP contribution in [0, 0.1) is 17.0 Å². The molecular weight excluding hydrogens is 677 g/mol. The zero-order valence-electron chi connectivity index (χ0n) is 29.6. The lowest BCUT2D eigenvalue weighted by Crippen LogP contribution is -2.29. The molecular formula is C38H43F2N5O5S. The van der Waals surface area contributed by atoms with Crippen LogP contribution < -0.4 is 4.74 Å². The number of aryl methyl sites for hydroxylation is 3. The lowest BCUT2D eigenvalue weighted by molar-refractivity contribution is -0.143. The average Bonchev–Trinajstić information content (AvgIpc) is 3.73. The zero-order valence-corrected chi connectivity index (χ0v) is 30.4. The lowest BCUT2D eigenvalue weighted by Gasteiger charge is -2.30. The van der Waals surface area contributed by atoms with Gasteiger partial charge in [0, 0.05) is 42.9 Å². The molecule has 6 rings (SSSR count). The van der Waals surface area contributed by atoms with Crippen LogP contribution in [0.1, 0.15) is 75.9 Å². The molecule has 0 aliphatic carbocycles. The van der Waals surface area contributed by atoms with Crippen LogP contribution in [0.15, 0.2) is 54.9 Å². The zero-order chi connectivity index (χ0) is 36.6. The third-order valence-corrected chi connectivity index (χ3v) is 11.7. The van der Waals surface area contributed by atoms with E-state index in [2.05, 4.69) is 23.0 Å². The van der Waals surface area contributed by atoms with Crippen molar-refractivity contribution in [3.63, 3.8) is 0 Å². The Hall–Kier alpha value is -4.65. The van der Waals surface area contributed by atoms with E-state index in [1.807, 2.05) is 32.0 Å². The van der Waals surface area contributed by atoms with Gasteiger partial charge in [-0.25, -0.2) is 22.5 Å². The quantitative estimate of drug-likeness (QED) is 0.186. The Labute approximate surface area is 296 Å². The Morgan fingerprint density at radius 1 is 1.10 bits per heavy atom. The highest BCUT2D eigenvalue weighted by Crippen LogP contribution is 2.41. The van der Waals surface area contributed by atoms with Crippen LogP contribution in [-0.4, -0.2) is 57.2 Å². The summed E-state index contributed by atoms with van der Waals surface area (Å²) in [5, 5.41) is 5.22. The molecule has 1 aliphatic rings. The summed E-state index contributed by atoms with van der Waals surface area (Å²) in [6, 6.07) is 12.7. The molecule has 13 heteroatoms. The van der Waals surface area contributed by atoms with Gasteiger partial charge in [0.05, 0.1) is 29.0 Å². The van der Waals surface area contributed by atoms with Crippen molar-refractivity contribution >= 4 is 26.7 Å². The Balaban J connectivity index is 1.46. The highest BCUT2D eigenvalue weighted by molar-refractivity contribution is 7.91. The van der Waals surface area contributed by atoms with Gasteiger partial charge in [0.15, 0.2) is 33.1 Å². The summed E-state index contributed by atoms with van der Waals surface area (Å²) in [5.41, 5.74) is 1.23. The van der Waals surface area contributed by atoms with Crippen molar-refractivity contribution in [2.45, 2.75) is 71.6 Å². The molecule has 5 aromatic rings. The molecule has 51 heavy (non-hydrogen) atoms. The van der Waals surface area contributed by atoms with Gasteiger partial charge in [-0.1, -0.05) is 44.5 Å². The second-order valence-electron chi connectivity index (χ2n) is 14.3. The van der Waals surface area contributed by atoms with E-state index in [4.69, 9.17) is 19.6 Å². The fraction of sp³-hybridized carbons (Fsp3) is 0.421. The van der Waals surface area contributed by atoms with Crippen LogP contribution in [0.2, 0.25) is 0 Å². The highest BCUT2D eigenvalue weighted by atomic mass is 32.2. The second kappa shape index (κ2) is 14.2. The Kier molecular flexibility index (Phi) is 10.0. The summed E-state index contributed by atoms with van der Waals surface area (Å²) < 4.78 is 71.0. The van der Waals surface area contributed by atoms with Gasteiger partial charge in [0.25, 0.3) is 0 Å². The van der Waals surface area contributed by atoms with Crippen LogP contribution in [0.5, 0.6) is 11.5 Å². The number of carbonyl (C=O) groups excluding carboxylic acids is 1. The molecule has 270 valence electrons. The fourth-order valence-electron chi connectivity index (χ4n) is 7.03. The van der Waals surface area contributed by atoms with Crippen molar-refractivity contribution < 1.29 is 31.5 Å². The van der Waals surface area contributed by atoms with E-state index < -0.39 is 32.3 Å². The number of H-pyrrole nitrogens is 1. The maximum Gasteiger partial charge on any atom is 0.306 e. The number of ether oxygens (including phenoxy) is 2. The van der Waals surface area contributed by atoms with Crippen LogP contribution in [-0.2, 0) is 44.7 Å². The van der Waals surface area contributed by atoms with Gasteiger partial charge in [-0.3, -0.25) is 9.78 Å².